The van der Waals surface area contributed by atoms with Crippen LogP contribution in [0.25, 0.3) is 0 Å². The van der Waals surface area contributed by atoms with E-state index in [0.29, 0.717) is 6.54 Å². The number of carbonyl (C=O) groups excluding carboxylic acids is 2. The molecule has 0 atom stereocenters. The molecule has 1 heterocycles. The van der Waals surface area contributed by atoms with E-state index in [-0.39, 0.29) is 11.9 Å². The van der Waals surface area contributed by atoms with Crippen molar-refractivity contribution in [3.8, 4) is 0 Å². The predicted octanol–water partition coefficient (Wildman–Crippen LogP) is 1.86. The first kappa shape index (κ1) is 11.6. The van der Waals surface area contributed by atoms with Crippen LogP contribution in [0, 0.1) is 0 Å². The average Bonchev–Trinajstić information content (AvgIpc) is 2.46. The normalized spacial score (nSPS) is 19.0. The Labute approximate surface area is 101 Å². The second kappa shape index (κ2) is 3.87. The highest BCUT2D eigenvalue weighted by atomic mass is 16.2. The largest absolute Gasteiger partial charge is 0.327 e. The Hall–Kier alpha value is -1.84. The van der Waals surface area contributed by atoms with Crippen molar-refractivity contribution in [2.75, 3.05) is 7.05 Å². The highest BCUT2D eigenvalue weighted by Crippen LogP contribution is 2.26. The summed E-state index contributed by atoms with van der Waals surface area (Å²) in [5, 5.41) is 0. The highest BCUT2D eigenvalue weighted by molar-refractivity contribution is 6.06. The van der Waals surface area contributed by atoms with Crippen LogP contribution < -0.4 is 0 Å². The lowest BCUT2D eigenvalue weighted by atomic mass is 10.0. The lowest BCUT2D eigenvalue weighted by Crippen LogP contribution is -2.41. The van der Waals surface area contributed by atoms with Crippen molar-refractivity contribution >= 4 is 11.9 Å². The number of rotatable bonds is 2. The van der Waals surface area contributed by atoms with Crippen molar-refractivity contribution in [1.82, 2.24) is 9.80 Å². The smallest absolute Gasteiger partial charge is 0.313 e. The molecule has 0 aliphatic carbocycles. The van der Waals surface area contributed by atoms with Gasteiger partial charge in [-0.1, -0.05) is 30.3 Å². The summed E-state index contributed by atoms with van der Waals surface area (Å²) in [5.74, 6) is -0.145. The van der Waals surface area contributed by atoms with Gasteiger partial charge in [-0.3, -0.25) is 9.69 Å². The maximum absolute atomic E-state index is 12.1. The molecule has 3 amide bonds. The van der Waals surface area contributed by atoms with E-state index in [4.69, 9.17) is 0 Å². The number of likely N-dealkylation sites (N-methyl/N-ethyl adjacent to an activating group) is 1. The molecular weight excluding hydrogens is 216 g/mol. The quantitative estimate of drug-likeness (QED) is 0.730. The van der Waals surface area contributed by atoms with Crippen molar-refractivity contribution in [3.05, 3.63) is 35.9 Å². The molecule has 0 aromatic heterocycles. The number of hydrogen-bond donors (Lipinski definition) is 0. The summed E-state index contributed by atoms with van der Waals surface area (Å²) < 4.78 is 0. The Balaban J connectivity index is 2.24. The second-order valence-corrected chi connectivity index (χ2v) is 4.78. The molecule has 1 saturated heterocycles. The Morgan fingerprint density at radius 2 is 1.71 bits per heavy atom. The molecule has 1 aromatic rings. The van der Waals surface area contributed by atoms with Crippen LogP contribution in [0.1, 0.15) is 19.4 Å². The Kier molecular flexibility index (Phi) is 2.65. The number of amides is 3. The van der Waals surface area contributed by atoms with Crippen LogP contribution in [0.15, 0.2) is 30.3 Å². The van der Waals surface area contributed by atoms with E-state index in [1.165, 1.54) is 9.80 Å². The van der Waals surface area contributed by atoms with E-state index in [2.05, 4.69) is 0 Å². The second-order valence-electron chi connectivity index (χ2n) is 4.78. The monoisotopic (exact) mass is 232 g/mol. The predicted molar refractivity (Wildman–Crippen MR) is 64.2 cm³/mol. The molecule has 0 N–H and O–H groups in total. The maximum Gasteiger partial charge on any atom is 0.327 e. The summed E-state index contributed by atoms with van der Waals surface area (Å²) in [6.07, 6.45) is 0. The molecule has 1 aliphatic heterocycles. The van der Waals surface area contributed by atoms with Crippen LogP contribution in [0.4, 0.5) is 4.79 Å². The standard InChI is InChI=1S/C13H16N2O2/c1-13(2)11(16)15(12(17)14(13)3)9-10-7-5-4-6-8-10/h4-8H,9H2,1-3H3. The number of nitrogens with zero attached hydrogens (tertiary/aromatic N) is 2. The van der Waals surface area contributed by atoms with Crippen molar-refractivity contribution in [2.24, 2.45) is 0 Å². The van der Waals surface area contributed by atoms with Gasteiger partial charge in [-0.05, 0) is 19.4 Å². The first-order chi connectivity index (χ1) is 7.94. The summed E-state index contributed by atoms with van der Waals surface area (Å²) in [4.78, 5) is 26.9. The molecule has 2 rings (SSSR count). The van der Waals surface area contributed by atoms with Gasteiger partial charge in [0.1, 0.15) is 5.54 Å². The summed E-state index contributed by atoms with van der Waals surface area (Å²) in [6.45, 7) is 3.86. The SMILES string of the molecule is CN1C(=O)N(Cc2ccccc2)C(=O)C1(C)C. The fraction of sp³-hybridized carbons (Fsp3) is 0.385. The zero-order valence-electron chi connectivity index (χ0n) is 10.3. The van der Waals surface area contributed by atoms with Crippen LogP contribution in [-0.2, 0) is 11.3 Å². The zero-order valence-corrected chi connectivity index (χ0v) is 10.3. The molecule has 0 unspecified atom stereocenters. The molecule has 0 spiro atoms. The average molecular weight is 232 g/mol. The Morgan fingerprint density at radius 3 is 2.18 bits per heavy atom. The van der Waals surface area contributed by atoms with Gasteiger partial charge in [0, 0.05) is 7.05 Å². The minimum atomic E-state index is -0.744. The van der Waals surface area contributed by atoms with Gasteiger partial charge in [0.15, 0.2) is 0 Å². The molecule has 0 radical (unpaired) electrons. The number of hydrogen-bond acceptors (Lipinski definition) is 2. The molecule has 90 valence electrons. The van der Waals surface area contributed by atoms with Crippen LogP contribution in [0.3, 0.4) is 0 Å². The third-order valence-electron chi connectivity index (χ3n) is 3.31. The van der Waals surface area contributed by atoms with Crippen molar-refractivity contribution < 1.29 is 9.59 Å². The Morgan fingerprint density at radius 1 is 1.12 bits per heavy atom. The first-order valence-electron chi connectivity index (χ1n) is 5.58. The van der Waals surface area contributed by atoms with E-state index in [1.807, 2.05) is 30.3 Å². The topological polar surface area (TPSA) is 40.6 Å². The summed E-state index contributed by atoms with van der Waals surface area (Å²) in [6, 6.07) is 9.29. The minimum absolute atomic E-state index is 0.145. The van der Waals surface area contributed by atoms with Gasteiger partial charge in [-0.2, -0.15) is 0 Å². The third kappa shape index (κ3) is 1.79. The van der Waals surface area contributed by atoms with Crippen LogP contribution in [0.2, 0.25) is 0 Å². The van der Waals surface area contributed by atoms with Crippen molar-refractivity contribution in [2.45, 2.75) is 25.9 Å². The fourth-order valence-electron chi connectivity index (χ4n) is 1.89. The van der Waals surface area contributed by atoms with Crippen LogP contribution in [0.5, 0.6) is 0 Å². The van der Waals surface area contributed by atoms with E-state index in [0.717, 1.165) is 5.56 Å². The number of imide groups is 1. The molecule has 1 aromatic carbocycles. The fourth-order valence-corrected chi connectivity index (χ4v) is 1.89. The molecule has 1 aliphatic rings. The summed E-state index contributed by atoms with van der Waals surface area (Å²) in [5.41, 5.74) is 0.214. The Bertz CT molecular complexity index is 454. The molecule has 0 saturated carbocycles. The van der Waals surface area contributed by atoms with Gasteiger partial charge >= 0.3 is 6.03 Å². The lowest BCUT2D eigenvalue weighted by Gasteiger charge is -2.22. The number of benzene rings is 1. The molecular formula is C13H16N2O2. The van der Waals surface area contributed by atoms with Crippen molar-refractivity contribution in [3.63, 3.8) is 0 Å². The minimum Gasteiger partial charge on any atom is -0.313 e. The molecule has 17 heavy (non-hydrogen) atoms. The highest BCUT2D eigenvalue weighted by Gasteiger charge is 2.48. The number of urea groups is 1. The lowest BCUT2D eigenvalue weighted by molar-refractivity contribution is -0.132. The summed E-state index contributed by atoms with van der Waals surface area (Å²) >= 11 is 0. The van der Waals surface area contributed by atoms with E-state index in [1.54, 1.807) is 20.9 Å². The van der Waals surface area contributed by atoms with Gasteiger partial charge in [-0.25, -0.2) is 4.79 Å². The summed E-state index contributed by atoms with van der Waals surface area (Å²) in [7, 11) is 1.66. The maximum atomic E-state index is 12.1. The van der Waals surface area contributed by atoms with Crippen LogP contribution in [-0.4, -0.2) is 34.3 Å². The van der Waals surface area contributed by atoms with Gasteiger partial charge in [0.25, 0.3) is 5.91 Å². The van der Waals surface area contributed by atoms with Gasteiger partial charge < -0.3 is 4.90 Å². The third-order valence-corrected chi connectivity index (χ3v) is 3.31. The molecule has 4 heteroatoms. The van der Waals surface area contributed by atoms with Crippen LogP contribution >= 0.6 is 0 Å². The molecule has 0 bridgehead atoms. The van der Waals surface area contributed by atoms with Gasteiger partial charge in [-0.15, -0.1) is 0 Å². The van der Waals surface area contributed by atoms with Gasteiger partial charge in [0.05, 0.1) is 6.54 Å². The van der Waals surface area contributed by atoms with E-state index < -0.39 is 5.54 Å². The van der Waals surface area contributed by atoms with E-state index >= 15 is 0 Å². The zero-order chi connectivity index (χ0) is 12.6. The van der Waals surface area contributed by atoms with Crippen molar-refractivity contribution in [1.29, 1.82) is 0 Å². The molecule has 4 nitrogen and oxygen atoms in total. The van der Waals surface area contributed by atoms with Gasteiger partial charge in [0.2, 0.25) is 0 Å². The first-order valence-corrected chi connectivity index (χ1v) is 5.58. The number of carbonyl (C=O) groups is 2. The molecule has 1 fully saturated rings. The van der Waals surface area contributed by atoms with E-state index in [9.17, 15) is 9.59 Å².